The van der Waals surface area contributed by atoms with Gasteiger partial charge >= 0.3 is 0 Å². The Balaban J connectivity index is 1.38. The Labute approximate surface area is 199 Å². The van der Waals surface area contributed by atoms with Crippen LogP contribution in [0.2, 0.25) is 0 Å². The molecule has 0 spiro atoms. The van der Waals surface area contributed by atoms with Crippen molar-refractivity contribution in [3.8, 4) is 6.07 Å². The van der Waals surface area contributed by atoms with E-state index in [1.165, 1.54) is 30.2 Å². The van der Waals surface area contributed by atoms with Gasteiger partial charge in [0.25, 0.3) is 5.92 Å². The van der Waals surface area contributed by atoms with Crippen LogP contribution < -0.4 is 5.32 Å². The Morgan fingerprint density at radius 3 is 2.85 bits per heavy atom. The molecule has 4 rings (SSSR count). The third-order valence-electron chi connectivity index (χ3n) is 5.83. The second-order valence-electron chi connectivity index (χ2n) is 8.47. The number of benzene rings is 1. The molecule has 0 aliphatic carbocycles. The van der Waals surface area contributed by atoms with E-state index in [4.69, 9.17) is 5.26 Å². The summed E-state index contributed by atoms with van der Waals surface area (Å²) in [5, 5.41) is 11.8. The average Bonchev–Trinajstić information content (AvgIpc) is 3.37. The van der Waals surface area contributed by atoms with E-state index in [1.54, 1.807) is 6.07 Å². The summed E-state index contributed by atoms with van der Waals surface area (Å²) in [7, 11) is 0. The molecule has 7 nitrogen and oxygen atoms in total. The van der Waals surface area contributed by atoms with Crippen LogP contribution in [0, 0.1) is 18.3 Å². The summed E-state index contributed by atoms with van der Waals surface area (Å²) in [5.74, 6) is -4.27. The smallest absolute Gasteiger partial charge is 0.268 e. The molecule has 0 radical (unpaired) electrons. The number of pyridine rings is 1. The van der Waals surface area contributed by atoms with Gasteiger partial charge in [-0.15, -0.1) is 0 Å². The number of aryl methyl sites for hydroxylation is 1. The highest BCUT2D eigenvalue weighted by Crippen LogP contribution is 2.39. The van der Waals surface area contributed by atoms with Crippen molar-refractivity contribution in [2.45, 2.75) is 54.8 Å². The zero-order chi connectivity index (χ0) is 24.5. The monoisotopic (exact) mass is 484 g/mol. The number of anilines is 1. The number of rotatable bonds is 7. The lowest BCUT2D eigenvalue weighted by molar-refractivity contribution is -0.132. The molecule has 2 atom stereocenters. The number of Topliss-reactive ketones (excluding diaryl/α,β-unsaturated/α-hetero) is 2. The van der Waals surface area contributed by atoms with E-state index in [2.05, 4.69) is 10.3 Å². The van der Waals surface area contributed by atoms with Gasteiger partial charge < -0.3 is 10.2 Å². The van der Waals surface area contributed by atoms with E-state index in [-0.39, 0.29) is 36.4 Å². The molecule has 0 saturated carbocycles. The average molecular weight is 485 g/mol. The molecule has 10 heteroatoms. The number of hydrogen-bond donors (Lipinski definition) is 1. The maximum absolute atomic E-state index is 13.6. The first-order valence-corrected chi connectivity index (χ1v) is 11.6. The highest BCUT2D eigenvalue weighted by molar-refractivity contribution is 8.01. The predicted octanol–water partition coefficient (Wildman–Crippen LogP) is 3.77. The number of aromatic nitrogens is 1. The van der Waals surface area contributed by atoms with Crippen molar-refractivity contribution < 1.29 is 23.2 Å². The molecule has 1 unspecified atom stereocenters. The van der Waals surface area contributed by atoms with Gasteiger partial charge in [-0.1, -0.05) is 17.8 Å². The molecule has 2 aliphatic heterocycles. The number of amides is 1. The number of ketones is 2. The minimum Gasteiger partial charge on any atom is -0.366 e. The van der Waals surface area contributed by atoms with E-state index in [0.29, 0.717) is 5.56 Å². The van der Waals surface area contributed by atoms with Crippen LogP contribution in [0.5, 0.6) is 0 Å². The lowest BCUT2D eigenvalue weighted by Gasteiger charge is -2.19. The zero-order valence-corrected chi connectivity index (χ0v) is 19.2. The van der Waals surface area contributed by atoms with Crippen molar-refractivity contribution >= 4 is 34.9 Å². The summed E-state index contributed by atoms with van der Waals surface area (Å²) in [6.45, 7) is 1.15. The Morgan fingerprint density at radius 1 is 1.29 bits per heavy atom. The van der Waals surface area contributed by atoms with Crippen molar-refractivity contribution in [2.75, 3.05) is 11.9 Å². The van der Waals surface area contributed by atoms with Crippen molar-refractivity contribution in [1.82, 2.24) is 9.88 Å². The maximum atomic E-state index is 13.6. The first kappa shape index (κ1) is 23.8. The van der Waals surface area contributed by atoms with Crippen molar-refractivity contribution in [1.29, 1.82) is 5.26 Å². The molecular weight excluding hydrogens is 462 g/mol. The minimum atomic E-state index is -3.11. The number of nitrogens with one attached hydrogen (secondary N) is 1. The van der Waals surface area contributed by atoms with Gasteiger partial charge in [-0.2, -0.15) is 5.26 Å². The van der Waals surface area contributed by atoms with Gasteiger partial charge in [0.2, 0.25) is 5.91 Å². The number of carbonyl (C=O) groups is 3. The van der Waals surface area contributed by atoms with Crippen LogP contribution in [-0.2, 0) is 16.0 Å². The van der Waals surface area contributed by atoms with Crippen LogP contribution in [0.25, 0.3) is 0 Å². The van der Waals surface area contributed by atoms with Gasteiger partial charge in [0.05, 0.1) is 12.6 Å². The van der Waals surface area contributed by atoms with Gasteiger partial charge in [0, 0.05) is 54.2 Å². The van der Waals surface area contributed by atoms with Gasteiger partial charge in [-0.25, -0.2) is 8.78 Å². The SMILES string of the molecule is Cc1ccc2c(c1)NC(C(=O)Cc1cnccc1C(=O)CCC(=O)N1CC(F)(F)C[C@H]1C#N)S2. The topological polar surface area (TPSA) is 103 Å². The summed E-state index contributed by atoms with van der Waals surface area (Å²) in [5.41, 5.74) is 2.69. The quantitative estimate of drug-likeness (QED) is 0.597. The first-order chi connectivity index (χ1) is 16.2. The molecule has 1 saturated heterocycles. The van der Waals surface area contributed by atoms with Gasteiger partial charge in [0.1, 0.15) is 11.4 Å². The van der Waals surface area contributed by atoms with Crippen LogP contribution in [0.1, 0.15) is 40.7 Å². The van der Waals surface area contributed by atoms with E-state index < -0.39 is 36.2 Å². The normalized spacial score (nSPS) is 20.4. The summed E-state index contributed by atoms with van der Waals surface area (Å²) < 4.78 is 27.2. The summed E-state index contributed by atoms with van der Waals surface area (Å²) in [6, 6.07) is 7.92. The second-order valence-corrected chi connectivity index (χ2v) is 9.61. The van der Waals surface area contributed by atoms with Crippen molar-refractivity contribution in [2.24, 2.45) is 0 Å². The Bertz CT molecular complexity index is 1200. The van der Waals surface area contributed by atoms with Crippen LogP contribution in [0.4, 0.5) is 14.5 Å². The number of likely N-dealkylation sites (tertiary alicyclic amines) is 1. The van der Waals surface area contributed by atoms with Crippen LogP contribution >= 0.6 is 11.8 Å². The molecule has 3 heterocycles. The highest BCUT2D eigenvalue weighted by atomic mass is 32.2. The molecule has 1 fully saturated rings. The fraction of sp³-hybridized carbons (Fsp3) is 0.375. The van der Waals surface area contributed by atoms with Gasteiger partial charge in [0.15, 0.2) is 11.6 Å². The van der Waals surface area contributed by atoms with Crippen LogP contribution in [0.15, 0.2) is 41.6 Å². The molecule has 1 aromatic heterocycles. The van der Waals surface area contributed by atoms with Crippen LogP contribution in [-0.4, -0.2) is 51.2 Å². The molecule has 1 aromatic carbocycles. The van der Waals surface area contributed by atoms with E-state index in [9.17, 15) is 23.2 Å². The molecule has 34 heavy (non-hydrogen) atoms. The first-order valence-electron chi connectivity index (χ1n) is 10.8. The molecule has 1 amide bonds. The molecular formula is C24H22F2N4O3S. The Morgan fingerprint density at radius 2 is 2.09 bits per heavy atom. The lowest BCUT2D eigenvalue weighted by atomic mass is 9.98. The number of thioether (sulfide) groups is 1. The fourth-order valence-electron chi connectivity index (χ4n) is 4.12. The van der Waals surface area contributed by atoms with E-state index in [0.717, 1.165) is 21.0 Å². The minimum absolute atomic E-state index is 0.0185. The highest BCUT2D eigenvalue weighted by Gasteiger charge is 2.47. The van der Waals surface area contributed by atoms with E-state index in [1.807, 2.05) is 25.1 Å². The molecule has 2 aliphatic rings. The largest absolute Gasteiger partial charge is 0.366 e. The third-order valence-corrected chi connectivity index (χ3v) is 7.06. The summed E-state index contributed by atoms with van der Waals surface area (Å²) in [6.07, 6.45) is 1.66. The number of nitrogens with zero attached hydrogens (tertiary/aromatic N) is 3. The number of nitriles is 1. The predicted molar refractivity (Wildman–Crippen MR) is 122 cm³/mol. The number of alkyl halides is 2. The number of halogens is 2. The lowest BCUT2D eigenvalue weighted by Crippen LogP contribution is -2.36. The number of carbonyl (C=O) groups excluding carboxylic acids is 3. The second kappa shape index (κ2) is 9.50. The summed E-state index contributed by atoms with van der Waals surface area (Å²) >= 11 is 1.41. The zero-order valence-electron chi connectivity index (χ0n) is 18.4. The third kappa shape index (κ3) is 5.09. The van der Waals surface area contributed by atoms with Crippen molar-refractivity contribution in [3.05, 3.63) is 53.3 Å². The van der Waals surface area contributed by atoms with Gasteiger partial charge in [-0.05, 0) is 36.2 Å². The van der Waals surface area contributed by atoms with Crippen molar-refractivity contribution in [3.63, 3.8) is 0 Å². The molecule has 1 N–H and O–H groups in total. The standard InChI is InChI=1S/C24H22F2N4O3S/c1-14-2-4-21-18(8-14)29-23(34-21)20(32)9-15-12-28-7-6-17(15)19(31)3-5-22(33)30-13-24(25,26)10-16(30)11-27/h2,4,6-8,12,16,23,29H,3,5,9-10,13H2,1H3/t16-,23?/m0/s1. The van der Waals surface area contributed by atoms with E-state index >= 15 is 0 Å². The molecule has 176 valence electrons. The Hall–Kier alpha value is -3.32. The van der Waals surface area contributed by atoms with Crippen LogP contribution in [0.3, 0.4) is 0 Å². The fourth-order valence-corrected chi connectivity index (χ4v) is 5.16. The Kier molecular flexibility index (Phi) is 6.66. The summed E-state index contributed by atoms with van der Waals surface area (Å²) in [4.78, 5) is 44.0. The maximum Gasteiger partial charge on any atom is 0.268 e. The number of fused-ring (bicyclic) bond motifs is 1. The number of hydrogen-bond acceptors (Lipinski definition) is 7. The molecule has 0 bridgehead atoms. The molecule has 2 aromatic rings. The van der Waals surface area contributed by atoms with Gasteiger partial charge in [-0.3, -0.25) is 19.4 Å².